The molecule has 38 heavy (non-hydrogen) atoms. The molecular weight excluding hydrogens is 456 g/mol. The van der Waals surface area contributed by atoms with Crippen molar-refractivity contribution in [2.24, 2.45) is 5.92 Å². The summed E-state index contributed by atoms with van der Waals surface area (Å²) >= 11 is 0. The fourth-order valence-electron chi connectivity index (χ4n) is 6.71. The minimum absolute atomic E-state index is 0.681. The lowest BCUT2D eigenvalue weighted by atomic mass is 9.76. The van der Waals surface area contributed by atoms with Gasteiger partial charge in [-0.3, -0.25) is 0 Å². The van der Waals surface area contributed by atoms with E-state index in [-0.39, 0.29) is 0 Å². The van der Waals surface area contributed by atoms with Gasteiger partial charge in [-0.05, 0) is 89.3 Å². The molecule has 0 saturated heterocycles. The Morgan fingerprint density at radius 1 is 0.763 bits per heavy atom. The number of hydrogen-bond donors (Lipinski definition) is 0. The van der Waals surface area contributed by atoms with E-state index in [2.05, 4.69) is 114 Å². The first-order valence-corrected chi connectivity index (χ1v) is 14.8. The molecule has 0 amide bonds. The quantitative estimate of drug-likeness (QED) is 0.311. The molecule has 0 aromatic heterocycles. The minimum atomic E-state index is 0.681. The minimum Gasteiger partial charge on any atom is -0.0991 e. The van der Waals surface area contributed by atoms with Gasteiger partial charge in [0.25, 0.3) is 0 Å². The molecule has 3 aromatic carbocycles. The van der Waals surface area contributed by atoms with Crippen LogP contribution in [0.25, 0.3) is 11.1 Å². The highest BCUT2D eigenvalue weighted by atomic mass is 14.4. The van der Waals surface area contributed by atoms with E-state index in [1.807, 2.05) is 6.08 Å². The first-order valence-electron chi connectivity index (χ1n) is 14.8. The van der Waals surface area contributed by atoms with Gasteiger partial charge in [0.2, 0.25) is 0 Å². The average Bonchev–Trinajstić information content (AvgIpc) is 3.52. The third-order valence-corrected chi connectivity index (χ3v) is 8.41. The van der Waals surface area contributed by atoms with Crippen LogP contribution in [0.4, 0.5) is 0 Å². The van der Waals surface area contributed by atoms with Gasteiger partial charge in [0, 0.05) is 0 Å². The summed E-state index contributed by atoms with van der Waals surface area (Å²) in [7, 11) is 0. The Hall–Kier alpha value is -3.12. The summed E-state index contributed by atoms with van der Waals surface area (Å²) in [5.41, 5.74) is 15.5. The maximum Gasteiger partial charge on any atom is -0.00553 e. The largest absolute Gasteiger partial charge is 0.0991 e. The fourth-order valence-corrected chi connectivity index (χ4v) is 6.71. The first kappa shape index (κ1) is 27.9. The molecular formula is C38H46. The van der Waals surface area contributed by atoms with Gasteiger partial charge in [-0.15, -0.1) is 0 Å². The van der Waals surface area contributed by atoms with E-state index in [1.54, 1.807) is 27.8 Å². The fraction of sp³-hybridized carbons (Fsp3) is 0.368. The zero-order valence-corrected chi connectivity index (χ0v) is 24.3. The van der Waals surface area contributed by atoms with Crippen LogP contribution in [-0.2, 0) is 25.7 Å². The zero-order chi connectivity index (χ0) is 27.1. The lowest BCUT2D eigenvalue weighted by molar-refractivity contribution is 0.494. The molecule has 198 valence electrons. The summed E-state index contributed by atoms with van der Waals surface area (Å²) in [5.74, 6) is 1.38. The van der Waals surface area contributed by atoms with Crippen molar-refractivity contribution in [3.63, 3.8) is 0 Å². The monoisotopic (exact) mass is 502 g/mol. The number of benzene rings is 3. The van der Waals surface area contributed by atoms with Crippen molar-refractivity contribution < 1.29 is 0 Å². The molecule has 3 aliphatic carbocycles. The Kier molecular flexibility index (Phi) is 9.62. The summed E-state index contributed by atoms with van der Waals surface area (Å²) < 4.78 is 0. The summed E-state index contributed by atoms with van der Waals surface area (Å²) in [4.78, 5) is 0. The number of hydrogen-bond acceptors (Lipinski definition) is 0. The lowest BCUT2D eigenvalue weighted by Crippen LogP contribution is -2.14. The first-order chi connectivity index (χ1) is 18.5. The Morgan fingerprint density at radius 3 is 1.97 bits per heavy atom. The van der Waals surface area contributed by atoms with Crippen LogP contribution in [0.2, 0.25) is 0 Å². The van der Waals surface area contributed by atoms with E-state index < -0.39 is 0 Å². The van der Waals surface area contributed by atoms with Gasteiger partial charge >= 0.3 is 0 Å². The van der Waals surface area contributed by atoms with Gasteiger partial charge < -0.3 is 0 Å². The van der Waals surface area contributed by atoms with Gasteiger partial charge in [0.1, 0.15) is 0 Å². The Morgan fingerprint density at radius 2 is 1.39 bits per heavy atom. The number of allylic oxidation sites excluding steroid dienone is 5. The van der Waals surface area contributed by atoms with E-state index >= 15 is 0 Å². The standard InChI is InChI=1S/C23H26.C12H12.C3H8/c1-4-20-15(3)21(5-2)23-13-17(16-9-7-6-8-10-16)11-18-12-19(20)14-22(18)23;1-2-5-10-8-11-6-3-4-7-12(11)9-10;1-3-2/h6-11,13,15,21H,4-5,12,14H2,1-3H3;2-7H,1,8-9H2;3H2,1-2H3. The van der Waals surface area contributed by atoms with Gasteiger partial charge in [0.15, 0.2) is 0 Å². The molecule has 3 aliphatic rings. The second-order valence-electron chi connectivity index (χ2n) is 11.1. The van der Waals surface area contributed by atoms with Crippen LogP contribution in [0.1, 0.15) is 87.6 Å². The van der Waals surface area contributed by atoms with E-state index in [0.717, 1.165) is 12.8 Å². The van der Waals surface area contributed by atoms with Gasteiger partial charge in [0.05, 0.1) is 0 Å². The van der Waals surface area contributed by atoms with Crippen LogP contribution >= 0.6 is 0 Å². The number of rotatable bonds is 4. The summed E-state index contributed by atoms with van der Waals surface area (Å²) in [5, 5.41) is 0. The van der Waals surface area contributed by atoms with Gasteiger partial charge in [-0.25, -0.2) is 0 Å². The molecule has 0 radical (unpaired) electrons. The van der Waals surface area contributed by atoms with E-state index in [9.17, 15) is 0 Å². The molecule has 2 atom stereocenters. The second-order valence-corrected chi connectivity index (χ2v) is 11.1. The molecule has 0 heterocycles. The highest BCUT2D eigenvalue weighted by Crippen LogP contribution is 2.47. The highest BCUT2D eigenvalue weighted by molar-refractivity contribution is 5.69. The summed E-state index contributed by atoms with van der Waals surface area (Å²) in [6, 6.07) is 24.5. The predicted molar refractivity (Wildman–Crippen MR) is 167 cm³/mol. The van der Waals surface area contributed by atoms with Crippen LogP contribution in [-0.4, -0.2) is 0 Å². The maximum atomic E-state index is 3.71. The topological polar surface area (TPSA) is 0 Å². The number of fused-ring (bicyclic) bond motifs is 2. The third-order valence-electron chi connectivity index (χ3n) is 8.41. The van der Waals surface area contributed by atoms with Crippen molar-refractivity contribution in [3.05, 3.63) is 130 Å². The highest BCUT2D eigenvalue weighted by Gasteiger charge is 2.33. The molecule has 0 aliphatic heterocycles. The molecule has 0 heteroatoms. The molecule has 0 saturated carbocycles. The maximum absolute atomic E-state index is 3.71. The van der Waals surface area contributed by atoms with E-state index in [0.29, 0.717) is 11.8 Å². The Labute approximate surface area is 232 Å². The normalized spacial score (nSPS) is 18.5. The van der Waals surface area contributed by atoms with Crippen LogP contribution in [0, 0.1) is 5.92 Å². The molecule has 0 N–H and O–H groups in total. The van der Waals surface area contributed by atoms with Crippen LogP contribution in [0.15, 0.2) is 102 Å². The van der Waals surface area contributed by atoms with Crippen LogP contribution in [0.5, 0.6) is 0 Å². The lowest BCUT2D eigenvalue weighted by Gasteiger charge is -2.28. The SMILES string of the molecule is C=CC=C1Cc2ccccc2C1.CCC.CCC1=C2Cc3cc(-c4ccccc4)cc(c3C2)C(CC)C1C. The molecule has 0 spiro atoms. The van der Waals surface area contributed by atoms with Crippen LogP contribution < -0.4 is 0 Å². The van der Waals surface area contributed by atoms with Gasteiger partial charge in [-0.2, -0.15) is 0 Å². The molecule has 6 rings (SSSR count). The Bertz CT molecular complexity index is 1270. The van der Waals surface area contributed by atoms with Crippen molar-refractivity contribution in [1.29, 1.82) is 0 Å². The van der Waals surface area contributed by atoms with Gasteiger partial charge in [-0.1, -0.05) is 143 Å². The molecule has 0 fully saturated rings. The van der Waals surface area contributed by atoms with Crippen molar-refractivity contribution in [3.8, 4) is 11.1 Å². The van der Waals surface area contributed by atoms with Crippen molar-refractivity contribution in [1.82, 2.24) is 0 Å². The zero-order valence-electron chi connectivity index (χ0n) is 24.3. The average molecular weight is 503 g/mol. The van der Waals surface area contributed by atoms with Crippen LogP contribution in [0.3, 0.4) is 0 Å². The Balaban J connectivity index is 0.000000188. The van der Waals surface area contributed by atoms with E-state index in [1.165, 1.54) is 59.9 Å². The molecule has 0 nitrogen and oxygen atoms in total. The third kappa shape index (κ3) is 5.96. The predicted octanol–water partition coefficient (Wildman–Crippen LogP) is 10.6. The van der Waals surface area contributed by atoms with Crippen molar-refractivity contribution in [2.75, 3.05) is 0 Å². The summed E-state index contributed by atoms with van der Waals surface area (Å²) in [6.45, 7) is 15.1. The molecule has 3 aromatic rings. The van der Waals surface area contributed by atoms with Crippen molar-refractivity contribution in [2.45, 2.75) is 85.5 Å². The molecule has 2 bridgehead atoms. The van der Waals surface area contributed by atoms with E-state index in [4.69, 9.17) is 0 Å². The summed E-state index contributed by atoms with van der Waals surface area (Å²) in [6.07, 6.45) is 12.3. The second kappa shape index (κ2) is 13.1. The molecule has 2 unspecified atom stereocenters. The van der Waals surface area contributed by atoms with Crippen molar-refractivity contribution >= 4 is 0 Å². The smallest absolute Gasteiger partial charge is 0.00553 e.